The highest BCUT2D eigenvalue weighted by Crippen LogP contribution is 2.13. The summed E-state index contributed by atoms with van der Waals surface area (Å²) in [6.07, 6.45) is 2.76. The van der Waals surface area contributed by atoms with E-state index in [0.29, 0.717) is 18.8 Å². The molecule has 0 aliphatic carbocycles. The van der Waals surface area contributed by atoms with Crippen molar-refractivity contribution in [1.82, 2.24) is 15.5 Å². The van der Waals surface area contributed by atoms with Crippen LogP contribution in [0.5, 0.6) is 0 Å². The van der Waals surface area contributed by atoms with E-state index in [1.807, 2.05) is 0 Å². The summed E-state index contributed by atoms with van der Waals surface area (Å²) in [5.41, 5.74) is 0.178. The van der Waals surface area contributed by atoms with Gasteiger partial charge in [0, 0.05) is 19.2 Å². The molecule has 0 bridgehead atoms. The van der Waals surface area contributed by atoms with Crippen LogP contribution in [-0.4, -0.2) is 61.3 Å². The van der Waals surface area contributed by atoms with E-state index in [2.05, 4.69) is 20.8 Å². The summed E-state index contributed by atoms with van der Waals surface area (Å²) < 4.78 is 28.3. The normalized spacial score (nSPS) is 26.1. The average Bonchev–Trinajstić information content (AvgIpc) is 3.15. The predicted octanol–water partition coefficient (Wildman–Crippen LogP) is -0.0156. The summed E-state index contributed by atoms with van der Waals surface area (Å²) >= 11 is 0. The molecule has 0 radical (unpaired) electrons. The molecule has 2 atom stereocenters. The van der Waals surface area contributed by atoms with Gasteiger partial charge in [-0.15, -0.1) is 10.2 Å². The smallest absolute Gasteiger partial charge is 0.272 e. The van der Waals surface area contributed by atoms with Gasteiger partial charge in [0.25, 0.3) is 5.91 Å². The van der Waals surface area contributed by atoms with Crippen molar-refractivity contribution in [3.8, 4) is 0 Å². The van der Waals surface area contributed by atoms with Crippen molar-refractivity contribution < 1.29 is 17.9 Å². The zero-order chi connectivity index (χ0) is 16.3. The van der Waals surface area contributed by atoms with E-state index in [1.54, 1.807) is 12.1 Å². The summed E-state index contributed by atoms with van der Waals surface area (Å²) in [5.74, 6) is 0.300. The molecule has 1 amide bonds. The number of anilines is 1. The van der Waals surface area contributed by atoms with Crippen molar-refractivity contribution in [2.45, 2.75) is 31.4 Å². The van der Waals surface area contributed by atoms with E-state index in [0.717, 1.165) is 19.4 Å². The monoisotopic (exact) mass is 340 g/mol. The Morgan fingerprint density at radius 3 is 2.78 bits per heavy atom. The number of amides is 1. The van der Waals surface area contributed by atoms with Gasteiger partial charge in [0.05, 0.1) is 17.6 Å². The van der Waals surface area contributed by atoms with Gasteiger partial charge in [-0.2, -0.15) is 0 Å². The highest BCUT2D eigenvalue weighted by Gasteiger charge is 2.29. The molecule has 1 aromatic heterocycles. The third-order valence-electron chi connectivity index (χ3n) is 4.00. The zero-order valence-corrected chi connectivity index (χ0v) is 13.5. The number of carbonyl (C=O) groups is 1. The molecule has 3 heterocycles. The maximum Gasteiger partial charge on any atom is 0.272 e. The Kier molecular flexibility index (Phi) is 4.76. The van der Waals surface area contributed by atoms with Gasteiger partial charge in [-0.3, -0.25) is 4.79 Å². The summed E-state index contributed by atoms with van der Waals surface area (Å²) in [4.78, 5) is 12.0. The van der Waals surface area contributed by atoms with Crippen LogP contribution in [0.2, 0.25) is 0 Å². The van der Waals surface area contributed by atoms with Gasteiger partial charge >= 0.3 is 0 Å². The summed E-state index contributed by atoms with van der Waals surface area (Å²) in [5, 5.41) is 13.7. The van der Waals surface area contributed by atoms with Gasteiger partial charge in [0.1, 0.15) is 5.82 Å². The van der Waals surface area contributed by atoms with E-state index >= 15 is 0 Å². The maximum absolute atomic E-state index is 12.0. The lowest BCUT2D eigenvalue weighted by molar-refractivity contribution is 0.0935. The van der Waals surface area contributed by atoms with Gasteiger partial charge in [-0.1, -0.05) is 0 Å². The fourth-order valence-electron chi connectivity index (χ4n) is 2.74. The molecule has 8 nitrogen and oxygen atoms in total. The van der Waals surface area contributed by atoms with Gasteiger partial charge in [-0.05, 0) is 31.4 Å². The fraction of sp³-hybridized carbons (Fsp3) is 0.643. The Morgan fingerprint density at radius 1 is 1.30 bits per heavy atom. The topological polar surface area (TPSA) is 110 Å². The molecule has 2 aliphatic heterocycles. The predicted molar refractivity (Wildman–Crippen MR) is 84.0 cm³/mol. The van der Waals surface area contributed by atoms with Gasteiger partial charge in [0.15, 0.2) is 15.5 Å². The van der Waals surface area contributed by atoms with Crippen LogP contribution in [0.1, 0.15) is 29.8 Å². The number of nitrogens with zero attached hydrogens (tertiary/aromatic N) is 2. The van der Waals surface area contributed by atoms with Gasteiger partial charge < -0.3 is 15.4 Å². The quantitative estimate of drug-likeness (QED) is 0.775. The molecule has 2 saturated heterocycles. The first-order valence-corrected chi connectivity index (χ1v) is 9.54. The molecule has 2 fully saturated rings. The largest absolute Gasteiger partial charge is 0.376 e. The van der Waals surface area contributed by atoms with E-state index < -0.39 is 15.7 Å². The number of sulfone groups is 1. The second-order valence-electron chi connectivity index (χ2n) is 5.89. The number of carbonyl (C=O) groups excluding carboxylic acids is 1. The lowest BCUT2D eigenvalue weighted by Crippen LogP contribution is -2.36. The molecule has 0 saturated carbocycles. The van der Waals surface area contributed by atoms with Crippen LogP contribution in [0.3, 0.4) is 0 Å². The Labute approximate surface area is 134 Å². The van der Waals surface area contributed by atoms with Crippen molar-refractivity contribution in [2.75, 3.05) is 30.0 Å². The zero-order valence-electron chi connectivity index (χ0n) is 12.7. The minimum absolute atomic E-state index is 0.00675. The summed E-state index contributed by atoms with van der Waals surface area (Å²) in [6.45, 7) is 1.47. The first-order chi connectivity index (χ1) is 11.0. The fourth-order valence-corrected chi connectivity index (χ4v) is 4.41. The van der Waals surface area contributed by atoms with Crippen molar-refractivity contribution in [2.24, 2.45) is 0 Å². The Hall–Kier alpha value is -1.74. The lowest BCUT2D eigenvalue weighted by Gasteiger charge is -2.12. The molecule has 2 N–H and O–H groups in total. The Balaban J connectivity index is 1.51. The Bertz CT molecular complexity index is 656. The summed E-state index contributed by atoms with van der Waals surface area (Å²) in [6, 6.07) is 2.91. The molecule has 2 aliphatic rings. The SMILES string of the molecule is O=C(NC1CCS(=O)(=O)C1)c1ccc(NCC2CCCO2)nn1. The number of ether oxygens (including phenoxy) is 1. The molecule has 0 spiro atoms. The maximum atomic E-state index is 12.0. The van der Waals surface area contributed by atoms with E-state index in [1.165, 1.54) is 0 Å². The van der Waals surface area contributed by atoms with E-state index in [4.69, 9.17) is 4.74 Å². The van der Waals surface area contributed by atoms with Crippen molar-refractivity contribution in [3.05, 3.63) is 17.8 Å². The molecular formula is C14H20N4O4S. The first-order valence-electron chi connectivity index (χ1n) is 7.72. The van der Waals surface area contributed by atoms with E-state index in [9.17, 15) is 13.2 Å². The minimum Gasteiger partial charge on any atom is -0.376 e. The molecule has 126 valence electrons. The number of rotatable bonds is 5. The van der Waals surface area contributed by atoms with E-state index in [-0.39, 0.29) is 29.3 Å². The lowest BCUT2D eigenvalue weighted by atomic mass is 10.2. The van der Waals surface area contributed by atoms with Crippen LogP contribution in [0, 0.1) is 0 Å². The van der Waals surface area contributed by atoms with Crippen LogP contribution >= 0.6 is 0 Å². The van der Waals surface area contributed by atoms with Crippen molar-refractivity contribution in [1.29, 1.82) is 0 Å². The van der Waals surface area contributed by atoms with Crippen LogP contribution < -0.4 is 10.6 Å². The summed E-state index contributed by atoms with van der Waals surface area (Å²) in [7, 11) is -3.02. The van der Waals surface area contributed by atoms with Crippen LogP contribution in [0.25, 0.3) is 0 Å². The number of aromatic nitrogens is 2. The second kappa shape index (κ2) is 6.79. The van der Waals surface area contributed by atoms with Crippen LogP contribution in [-0.2, 0) is 14.6 Å². The highest BCUT2D eigenvalue weighted by molar-refractivity contribution is 7.91. The first kappa shape index (κ1) is 16.1. The van der Waals surface area contributed by atoms with Gasteiger partial charge in [0.2, 0.25) is 0 Å². The minimum atomic E-state index is -3.02. The second-order valence-corrected chi connectivity index (χ2v) is 8.12. The molecule has 2 unspecified atom stereocenters. The Morgan fingerprint density at radius 2 is 2.17 bits per heavy atom. The van der Waals surface area contributed by atoms with Crippen LogP contribution in [0.4, 0.5) is 5.82 Å². The molecule has 3 rings (SSSR count). The van der Waals surface area contributed by atoms with Crippen molar-refractivity contribution in [3.63, 3.8) is 0 Å². The molecule has 0 aromatic carbocycles. The molecular weight excluding hydrogens is 320 g/mol. The number of hydrogen-bond donors (Lipinski definition) is 2. The standard InChI is InChI=1S/C14H20N4O4S/c19-14(16-10-5-7-23(20,21)9-10)12-3-4-13(18-17-12)15-8-11-2-1-6-22-11/h3-4,10-11H,1-2,5-9H2,(H,15,18)(H,16,19). The highest BCUT2D eigenvalue weighted by atomic mass is 32.2. The van der Waals surface area contributed by atoms with Crippen molar-refractivity contribution >= 4 is 21.6 Å². The van der Waals surface area contributed by atoms with Crippen LogP contribution in [0.15, 0.2) is 12.1 Å². The third-order valence-corrected chi connectivity index (χ3v) is 5.77. The number of nitrogens with one attached hydrogen (secondary N) is 2. The average molecular weight is 340 g/mol. The third kappa shape index (κ3) is 4.38. The molecule has 23 heavy (non-hydrogen) atoms. The number of hydrogen-bond acceptors (Lipinski definition) is 7. The molecule has 9 heteroatoms. The molecule has 1 aromatic rings. The van der Waals surface area contributed by atoms with Gasteiger partial charge in [-0.25, -0.2) is 8.42 Å².